The minimum Gasteiger partial charge on any atom is -0.368 e. The maximum Gasteiger partial charge on any atom is 0.222 e. The predicted octanol–water partition coefficient (Wildman–Crippen LogP) is 3.36. The summed E-state index contributed by atoms with van der Waals surface area (Å²) in [7, 11) is 0. The number of morpholine rings is 1. The summed E-state index contributed by atoms with van der Waals surface area (Å²) in [5, 5.41) is 0.788. The van der Waals surface area contributed by atoms with Crippen LogP contribution in [0, 0.1) is 0 Å². The highest BCUT2D eigenvalue weighted by Gasteiger charge is 2.34. The summed E-state index contributed by atoms with van der Waals surface area (Å²) in [4.78, 5) is 14.1. The Labute approximate surface area is 119 Å². The van der Waals surface area contributed by atoms with Gasteiger partial charge < -0.3 is 9.64 Å². The monoisotopic (exact) mass is 319 g/mol. The smallest absolute Gasteiger partial charge is 0.222 e. The Kier molecular flexibility index (Phi) is 6.64. The van der Waals surface area contributed by atoms with E-state index in [9.17, 15) is 4.79 Å². The van der Waals surface area contributed by atoms with E-state index in [0.717, 1.165) is 24.7 Å². The number of ether oxygens (including phenoxy) is 1. The molecule has 1 fully saturated rings. The number of alkyl halides is 1. The number of hydrogen-bond donors (Lipinski definition) is 0. The summed E-state index contributed by atoms with van der Waals surface area (Å²) in [6.45, 7) is 7.73. The number of carbonyl (C=O) groups excluding carboxylic acids is 1. The van der Waals surface area contributed by atoms with Crippen molar-refractivity contribution in [3.8, 4) is 0 Å². The maximum absolute atomic E-state index is 12.2. The zero-order valence-electron chi connectivity index (χ0n) is 11.9. The molecular formula is C14H26BrNO2. The second kappa shape index (κ2) is 7.49. The quantitative estimate of drug-likeness (QED) is 0.555. The summed E-state index contributed by atoms with van der Waals surface area (Å²) in [5.41, 5.74) is -0.226. The lowest BCUT2D eigenvalue weighted by atomic mass is 10.0. The molecule has 18 heavy (non-hydrogen) atoms. The number of halogens is 1. The van der Waals surface area contributed by atoms with Crippen molar-refractivity contribution in [2.75, 3.05) is 18.4 Å². The van der Waals surface area contributed by atoms with Crippen LogP contribution in [0.2, 0.25) is 0 Å². The molecule has 1 aliphatic rings. The van der Waals surface area contributed by atoms with Crippen LogP contribution in [0.15, 0.2) is 0 Å². The molecule has 1 aliphatic heterocycles. The van der Waals surface area contributed by atoms with Gasteiger partial charge in [0.05, 0.1) is 11.7 Å². The number of amides is 1. The van der Waals surface area contributed by atoms with Crippen LogP contribution in [-0.2, 0) is 9.53 Å². The van der Waals surface area contributed by atoms with Gasteiger partial charge in [-0.2, -0.15) is 0 Å². The summed E-state index contributed by atoms with van der Waals surface area (Å²) in [5.74, 6) is 0.286. The van der Waals surface area contributed by atoms with Gasteiger partial charge in [-0.1, -0.05) is 42.1 Å². The first kappa shape index (κ1) is 16.0. The third-order valence-electron chi connectivity index (χ3n) is 3.25. The highest BCUT2D eigenvalue weighted by molar-refractivity contribution is 9.09. The van der Waals surface area contributed by atoms with Gasteiger partial charge in [0.1, 0.15) is 0 Å². The van der Waals surface area contributed by atoms with Crippen LogP contribution in [0.1, 0.15) is 52.9 Å². The molecule has 0 bridgehead atoms. The average molecular weight is 320 g/mol. The van der Waals surface area contributed by atoms with Gasteiger partial charge >= 0.3 is 0 Å². The molecule has 0 saturated carbocycles. The van der Waals surface area contributed by atoms with E-state index in [1.807, 2.05) is 4.90 Å². The molecule has 1 atom stereocenters. The van der Waals surface area contributed by atoms with E-state index >= 15 is 0 Å². The average Bonchev–Trinajstić information content (AvgIpc) is 2.32. The van der Waals surface area contributed by atoms with Crippen molar-refractivity contribution < 1.29 is 9.53 Å². The molecule has 3 nitrogen and oxygen atoms in total. The molecule has 1 heterocycles. The molecule has 1 saturated heterocycles. The largest absolute Gasteiger partial charge is 0.368 e. The minimum atomic E-state index is -0.226. The van der Waals surface area contributed by atoms with Crippen LogP contribution in [0.3, 0.4) is 0 Å². The molecular weight excluding hydrogens is 294 g/mol. The van der Waals surface area contributed by atoms with E-state index in [0.29, 0.717) is 13.0 Å². The molecule has 0 spiro atoms. The Hall–Kier alpha value is -0.0900. The van der Waals surface area contributed by atoms with Gasteiger partial charge in [-0.3, -0.25) is 4.79 Å². The Balaban J connectivity index is 2.41. The summed E-state index contributed by atoms with van der Waals surface area (Å²) >= 11 is 3.45. The lowest BCUT2D eigenvalue weighted by molar-refractivity contribution is -0.157. The van der Waals surface area contributed by atoms with E-state index in [1.165, 1.54) is 12.8 Å². The van der Waals surface area contributed by atoms with Gasteiger partial charge in [0.2, 0.25) is 5.91 Å². The van der Waals surface area contributed by atoms with Crippen LogP contribution in [0.5, 0.6) is 0 Å². The topological polar surface area (TPSA) is 29.5 Å². The maximum atomic E-state index is 12.2. The zero-order chi connectivity index (χ0) is 13.6. The fraction of sp³-hybridized carbons (Fsp3) is 0.929. The lowest BCUT2D eigenvalue weighted by Crippen LogP contribution is -2.55. The first-order valence-corrected chi connectivity index (χ1v) is 8.12. The van der Waals surface area contributed by atoms with E-state index < -0.39 is 0 Å². The first-order chi connectivity index (χ1) is 8.48. The van der Waals surface area contributed by atoms with Crippen molar-refractivity contribution in [3.05, 3.63) is 0 Å². The lowest BCUT2D eigenvalue weighted by Gasteiger charge is -2.42. The number of nitrogens with zero attached hydrogens (tertiary/aromatic N) is 1. The van der Waals surface area contributed by atoms with Crippen LogP contribution in [0.4, 0.5) is 0 Å². The van der Waals surface area contributed by atoms with Gasteiger partial charge in [-0.05, 0) is 20.3 Å². The van der Waals surface area contributed by atoms with Gasteiger partial charge in [0, 0.05) is 24.8 Å². The second-order valence-corrected chi connectivity index (χ2v) is 6.39. The first-order valence-electron chi connectivity index (χ1n) is 7.00. The number of hydrogen-bond acceptors (Lipinski definition) is 2. The molecule has 0 aromatic heterocycles. The van der Waals surface area contributed by atoms with Crippen LogP contribution in [0.25, 0.3) is 0 Å². The fourth-order valence-corrected chi connectivity index (χ4v) is 2.76. The molecule has 0 aliphatic carbocycles. The van der Waals surface area contributed by atoms with Gasteiger partial charge in [-0.25, -0.2) is 0 Å². The molecule has 0 radical (unpaired) electrons. The third-order valence-corrected chi connectivity index (χ3v) is 3.97. The predicted molar refractivity (Wildman–Crippen MR) is 78.1 cm³/mol. The summed E-state index contributed by atoms with van der Waals surface area (Å²) in [6.07, 6.45) is 5.43. The van der Waals surface area contributed by atoms with Crippen LogP contribution < -0.4 is 0 Å². The molecule has 0 aromatic rings. The highest BCUT2D eigenvalue weighted by atomic mass is 79.9. The van der Waals surface area contributed by atoms with Gasteiger partial charge in [0.15, 0.2) is 0 Å². The molecule has 1 unspecified atom stereocenters. The van der Waals surface area contributed by atoms with Crippen LogP contribution >= 0.6 is 15.9 Å². The Morgan fingerprint density at radius 2 is 2.11 bits per heavy atom. The van der Waals surface area contributed by atoms with Crippen molar-refractivity contribution in [2.45, 2.75) is 64.6 Å². The van der Waals surface area contributed by atoms with E-state index in [4.69, 9.17) is 4.74 Å². The second-order valence-electron chi connectivity index (χ2n) is 5.74. The number of carbonyl (C=O) groups is 1. The Bertz CT molecular complexity index is 269. The molecule has 4 heteroatoms. The third kappa shape index (κ3) is 5.27. The zero-order valence-corrected chi connectivity index (χ0v) is 13.5. The highest BCUT2D eigenvalue weighted by Crippen LogP contribution is 2.23. The number of rotatable bonds is 6. The summed E-state index contributed by atoms with van der Waals surface area (Å²) < 4.78 is 5.91. The molecule has 106 valence electrons. The van der Waals surface area contributed by atoms with Crippen LogP contribution in [-0.4, -0.2) is 40.9 Å². The standard InChI is InChI=1S/C14H26BrNO2/c1-4-5-6-7-8-13(17)16-10-12(9-15)18-14(2,3)11-16/h12H,4-11H2,1-3H3. The van der Waals surface area contributed by atoms with Crippen molar-refractivity contribution >= 4 is 21.8 Å². The van der Waals surface area contributed by atoms with Gasteiger partial charge in [0.25, 0.3) is 0 Å². The van der Waals surface area contributed by atoms with Gasteiger partial charge in [-0.15, -0.1) is 0 Å². The molecule has 0 N–H and O–H groups in total. The number of unbranched alkanes of at least 4 members (excludes halogenated alkanes) is 3. The summed E-state index contributed by atoms with van der Waals surface area (Å²) in [6, 6.07) is 0. The minimum absolute atomic E-state index is 0.119. The normalized spacial score (nSPS) is 23.1. The Morgan fingerprint density at radius 3 is 2.72 bits per heavy atom. The van der Waals surface area contributed by atoms with Crippen molar-refractivity contribution in [2.24, 2.45) is 0 Å². The van der Waals surface area contributed by atoms with E-state index in [-0.39, 0.29) is 17.6 Å². The van der Waals surface area contributed by atoms with Crippen molar-refractivity contribution in [1.29, 1.82) is 0 Å². The van der Waals surface area contributed by atoms with E-state index in [1.54, 1.807) is 0 Å². The van der Waals surface area contributed by atoms with Crippen molar-refractivity contribution in [3.63, 3.8) is 0 Å². The molecule has 1 amide bonds. The van der Waals surface area contributed by atoms with E-state index in [2.05, 4.69) is 36.7 Å². The fourth-order valence-electron chi connectivity index (χ4n) is 2.43. The molecule has 1 rings (SSSR count). The van der Waals surface area contributed by atoms with Crippen molar-refractivity contribution in [1.82, 2.24) is 4.90 Å². The molecule has 0 aromatic carbocycles. The Morgan fingerprint density at radius 1 is 1.39 bits per heavy atom. The SMILES string of the molecule is CCCCCCC(=O)N1CC(CBr)OC(C)(C)C1.